The summed E-state index contributed by atoms with van der Waals surface area (Å²) in [5.41, 5.74) is 0. The van der Waals surface area contributed by atoms with Gasteiger partial charge in [-0.1, -0.05) is 74.8 Å². The van der Waals surface area contributed by atoms with Crippen molar-refractivity contribution in [3.63, 3.8) is 0 Å². The first-order chi connectivity index (χ1) is 20.1. The van der Waals surface area contributed by atoms with E-state index in [1.165, 1.54) is 13.0 Å². The first kappa shape index (κ1) is 40.9. The number of likely N-dealkylation sites (N-methyl/N-ethyl adjacent to an activating group) is 1. The average molecular weight is 635 g/mol. The highest BCUT2D eigenvalue weighted by Gasteiger charge is 2.27. The van der Waals surface area contributed by atoms with Gasteiger partial charge in [0, 0.05) is 13.3 Å². The smallest absolute Gasteiger partial charge is 0.462 e. The summed E-state index contributed by atoms with van der Waals surface area (Å²) in [6.07, 6.45) is 13.7. The van der Waals surface area contributed by atoms with Crippen LogP contribution in [-0.4, -0.2) is 109 Å². The molecule has 0 aliphatic heterocycles. The van der Waals surface area contributed by atoms with Gasteiger partial charge in [-0.15, -0.1) is 0 Å². The van der Waals surface area contributed by atoms with Crippen LogP contribution in [0.4, 0.5) is 0 Å². The molecule has 0 aromatic carbocycles. The van der Waals surface area contributed by atoms with E-state index >= 15 is 0 Å². The molecule has 0 rings (SSSR count). The zero-order valence-corrected chi connectivity index (χ0v) is 27.1. The number of esters is 2. The number of rotatable bonds is 24. The summed E-state index contributed by atoms with van der Waals surface area (Å²) in [4.78, 5) is 33.4. The second-order valence-electron chi connectivity index (χ2n) is 11.1. The Morgan fingerprint density at radius 3 is 2.09 bits per heavy atom. The number of phosphoric acid groups is 1. The van der Waals surface area contributed by atoms with Crippen molar-refractivity contribution in [3.05, 3.63) is 48.6 Å². The Morgan fingerprint density at radius 2 is 1.49 bits per heavy atom. The monoisotopic (exact) mass is 634 g/mol. The lowest BCUT2D eigenvalue weighted by Gasteiger charge is -2.24. The van der Waals surface area contributed by atoms with E-state index in [9.17, 15) is 34.4 Å². The predicted molar refractivity (Wildman–Crippen MR) is 164 cm³/mol. The van der Waals surface area contributed by atoms with Crippen LogP contribution >= 0.6 is 7.82 Å². The average Bonchev–Trinajstić information content (AvgIpc) is 2.90. The number of aliphatic hydroxyl groups is 3. The normalized spacial score (nSPS) is 17.0. The molecule has 43 heavy (non-hydrogen) atoms. The number of nitrogens with zero attached hydrogens (tertiary/aromatic N) is 1. The van der Waals surface area contributed by atoms with Gasteiger partial charge in [0.15, 0.2) is 6.10 Å². The van der Waals surface area contributed by atoms with E-state index in [-0.39, 0.29) is 32.5 Å². The van der Waals surface area contributed by atoms with Gasteiger partial charge in [0.2, 0.25) is 0 Å². The zero-order chi connectivity index (χ0) is 32.7. The Balaban J connectivity index is 4.54. The summed E-state index contributed by atoms with van der Waals surface area (Å²) < 4.78 is 32.6. The number of quaternary nitrogens is 1. The lowest BCUT2D eigenvalue weighted by Crippen LogP contribution is -2.37. The topological polar surface area (TPSA) is 169 Å². The summed E-state index contributed by atoms with van der Waals surface area (Å²) in [6, 6.07) is 0. The van der Waals surface area contributed by atoms with Gasteiger partial charge in [-0.2, -0.15) is 0 Å². The number of phosphoric ester groups is 1. The van der Waals surface area contributed by atoms with E-state index in [4.69, 9.17) is 18.5 Å². The van der Waals surface area contributed by atoms with E-state index in [0.717, 1.165) is 25.7 Å². The van der Waals surface area contributed by atoms with Crippen molar-refractivity contribution in [3.8, 4) is 0 Å². The molecule has 248 valence electrons. The Labute approximate surface area is 256 Å². The maximum Gasteiger partial charge on any atom is 0.472 e. The first-order valence-electron chi connectivity index (χ1n) is 14.6. The van der Waals surface area contributed by atoms with Crippen LogP contribution in [0.5, 0.6) is 0 Å². The van der Waals surface area contributed by atoms with Gasteiger partial charge in [0.25, 0.3) is 0 Å². The third-order valence-electron chi connectivity index (χ3n) is 5.79. The molecular formula is C30H53NO11P+. The number of hydrogen-bond donors (Lipinski definition) is 4. The maximum atomic E-state index is 12.3. The number of hydrogen-bond acceptors (Lipinski definition) is 10. The van der Waals surface area contributed by atoms with E-state index in [1.807, 2.05) is 21.1 Å². The molecule has 0 saturated heterocycles. The van der Waals surface area contributed by atoms with Gasteiger partial charge < -0.3 is 34.2 Å². The van der Waals surface area contributed by atoms with Crippen LogP contribution in [0.2, 0.25) is 0 Å². The molecule has 5 atom stereocenters. The maximum absolute atomic E-state index is 12.3. The summed E-state index contributed by atoms with van der Waals surface area (Å²) in [6.45, 7) is 2.77. The second kappa shape index (κ2) is 23.3. The molecule has 0 bridgehead atoms. The number of carbonyl (C=O) groups is 2. The SMILES string of the molecule is CCCCC[C@H](O)/C=C/C=C\C=C\C=C\[C@H](O)[C@@H](O)CCCC(=O)O[C@H](COC(C)=O)COP(=O)(O)OCC[N+](C)(C)C. The minimum Gasteiger partial charge on any atom is -0.462 e. The fourth-order valence-corrected chi connectivity index (χ4v) is 4.04. The molecule has 0 spiro atoms. The van der Waals surface area contributed by atoms with Crippen LogP contribution in [0.15, 0.2) is 48.6 Å². The number of unbranched alkanes of at least 4 members (excludes halogenated alkanes) is 2. The highest BCUT2D eigenvalue weighted by atomic mass is 31.2. The molecule has 4 N–H and O–H groups in total. The minimum atomic E-state index is -4.43. The quantitative estimate of drug-likeness (QED) is 0.0404. The number of allylic oxidation sites excluding steroid dienone is 6. The molecule has 1 unspecified atom stereocenters. The third-order valence-corrected chi connectivity index (χ3v) is 6.77. The van der Waals surface area contributed by atoms with Crippen LogP contribution in [0.25, 0.3) is 0 Å². The van der Waals surface area contributed by atoms with Crippen molar-refractivity contribution in [1.82, 2.24) is 0 Å². The van der Waals surface area contributed by atoms with Crippen LogP contribution in [0.1, 0.15) is 58.8 Å². The lowest BCUT2D eigenvalue weighted by molar-refractivity contribution is -0.870. The number of ether oxygens (including phenoxy) is 2. The molecule has 0 amide bonds. The summed E-state index contributed by atoms with van der Waals surface area (Å²) in [5, 5.41) is 30.1. The van der Waals surface area contributed by atoms with Crippen molar-refractivity contribution in [2.24, 2.45) is 0 Å². The van der Waals surface area contributed by atoms with E-state index in [1.54, 1.807) is 42.5 Å². The standard InChI is InChI=1S/C30H52NO11P/c1-6-7-12-16-26(33)17-13-10-8-9-11-14-18-28(34)29(35)19-15-20-30(36)42-27(23-39-25(2)32)24-41-43(37,38)40-22-21-31(3,4)5/h8-11,13-14,17-18,26-29,33-35H,6-7,12,15-16,19-24H2,1-5H3/p+1/b10-8-,11-9+,17-13+,18-14+/t26-,27+,28-,29-/m0/s1. The summed E-state index contributed by atoms with van der Waals surface area (Å²) in [7, 11) is 1.24. The van der Waals surface area contributed by atoms with Crippen LogP contribution < -0.4 is 0 Å². The largest absolute Gasteiger partial charge is 0.472 e. The van der Waals surface area contributed by atoms with Crippen molar-refractivity contribution < 1.29 is 57.4 Å². The molecular weight excluding hydrogens is 581 g/mol. The summed E-state index contributed by atoms with van der Waals surface area (Å²) in [5.74, 6) is -1.33. The van der Waals surface area contributed by atoms with E-state index < -0.39 is 50.8 Å². The Hall–Kier alpha value is -2.15. The molecule has 0 aromatic rings. The number of carbonyl (C=O) groups excluding carboxylic acids is 2. The molecule has 0 aliphatic rings. The molecule has 0 aliphatic carbocycles. The molecule has 0 fully saturated rings. The molecule has 0 aromatic heterocycles. The fourth-order valence-electron chi connectivity index (χ4n) is 3.30. The van der Waals surface area contributed by atoms with Gasteiger partial charge in [-0.3, -0.25) is 18.6 Å². The second-order valence-corrected chi connectivity index (χ2v) is 12.5. The van der Waals surface area contributed by atoms with Gasteiger partial charge in [-0.05, 0) is 19.3 Å². The Morgan fingerprint density at radius 1 is 0.860 bits per heavy atom. The van der Waals surface area contributed by atoms with Crippen LogP contribution in [0.3, 0.4) is 0 Å². The van der Waals surface area contributed by atoms with Crippen molar-refractivity contribution in [1.29, 1.82) is 0 Å². The fraction of sp³-hybridized carbons (Fsp3) is 0.667. The van der Waals surface area contributed by atoms with Crippen molar-refractivity contribution in [2.45, 2.75) is 83.2 Å². The molecule has 0 heterocycles. The van der Waals surface area contributed by atoms with Gasteiger partial charge in [0.05, 0.1) is 46.1 Å². The van der Waals surface area contributed by atoms with Crippen molar-refractivity contribution >= 4 is 19.8 Å². The highest BCUT2D eigenvalue weighted by molar-refractivity contribution is 7.47. The van der Waals surface area contributed by atoms with Gasteiger partial charge in [0.1, 0.15) is 19.8 Å². The first-order valence-corrected chi connectivity index (χ1v) is 16.1. The molecule has 12 nitrogen and oxygen atoms in total. The molecule has 0 saturated carbocycles. The minimum absolute atomic E-state index is 0.0366. The van der Waals surface area contributed by atoms with E-state index in [0.29, 0.717) is 11.0 Å². The molecule has 0 radical (unpaired) electrons. The third kappa shape index (κ3) is 26.0. The Bertz CT molecular complexity index is 943. The van der Waals surface area contributed by atoms with Crippen LogP contribution in [-0.2, 0) is 32.7 Å². The number of aliphatic hydroxyl groups excluding tert-OH is 3. The van der Waals surface area contributed by atoms with Crippen LogP contribution in [0, 0.1) is 0 Å². The Kier molecular flexibility index (Phi) is 22.1. The summed E-state index contributed by atoms with van der Waals surface area (Å²) >= 11 is 0. The van der Waals surface area contributed by atoms with Gasteiger partial charge >= 0.3 is 19.8 Å². The lowest BCUT2D eigenvalue weighted by atomic mass is 10.1. The molecule has 13 heteroatoms. The zero-order valence-electron chi connectivity index (χ0n) is 26.2. The van der Waals surface area contributed by atoms with Crippen molar-refractivity contribution in [2.75, 3.05) is 47.5 Å². The predicted octanol–water partition coefficient (Wildman–Crippen LogP) is 3.36. The van der Waals surface area contributed by atoms with Gasteiger partial charge in [-0.25, -0.2) is 4.57 Å². The highest BCUT2D eigenvalue weighted by Crippen LogP contribution is 2.43. The van der Waals surface area contributed by atoms with E-state index in [2.05, 4.69) is 6.92 Å².